The molecule has 2 unspecified atom stereocenters. The van der Waals surface area contributed by atoms with E-state index in [1.807, 2.05) is 0 Å². The number of H-pyrrole nitrogens is 1. The van der Waals surface area contributed by atoms with Gasteiger partial charge in [0.25, 0.3) is 0 Å². The minimum absolute atomic E-state index is 0.327. The number of nitrogens with two attached hydrogens (primary N) is 1. The van der Waals surface area contributed by atoms with Gasteiger partial charge in [0.05, 0.1) is 12.0 Å². The number of rotatable bonds is 1. The molecule has 1 aliphatic rings. The first-order valence-electron chi connectivity index (χ1n) is 4.29. The molecule has 2 heterocycles. The van der Waals surface area contributed by atoms with Crippen molar-refractivity contribution in [2.24, 2.45) is 5.73 Å². The lowest BCUT2D eigenvalue weighted by atomic mass is 10.0. The Hall–Kier alpha value is -0.870. The smallest absolute Gasteiger partial charge is 0.0925 e. The number of nitrogens with one attached hydrogen (secondary N) is 2. The average molecular weight is 166 g/mol. The van der Waals surface area contributed by atoms with Crippen molar-refractivity contribution < 1.29 is 0 Å². The highest BCUT2D eigenvalue weighted by Crippen LogP contribution is 2.20. The van der Waals surface area contributed by atoms with E-state index in [4.69, 9.17) is 5.73 Å². The van der Waals surface area contributed by atoms with E-state index in [-0.39, 0.29) is 0 Å². The second-order valence-corrected chi connectivity index (χ2v) is 3.29. The van der Waals surface area contributed by atoms with Crippen molar-refractivity contribution in [1.82, 2.24) is 15.3 Å². The molecular formula is C8H14N4. The molecule has 0 radical (unpaired) electrons. The lowest BCUT2D eigenvalue weighted by molar-refractivity contribution is 0.418. The number of hydrogen-bond acceptors (Lipinski definition) is 3. The van der Waals surface area contributed by atoms with E-state index in [1.54, 1.807) is 6.33 Å². The Morgan fingerprint density at radius 3 is 3.33 bits per heavy atom. The summed E-state index contributed by atoms with van der Waals surface area (Å²) in [4.78, 5) is 7.39. The predicted octanol–water partition coefficient (Wildman–Crippen LogP) is -0.0563. The van der Waals surface area contributed by atoms with Crippen molar-refractivity contribution in [3.63, 3.8) is 0 Å². The fourth-order valence-electron chi connectivity index (χ4n) is 1.76. The van der Waals surface area contributed by atoms with Crippen LogP contribution >= 0.6 is 0 Å². The lowest BCUT2D eigenvalue weighted by Gasteiger charge is -2.26. The molecule has 2 atom stereocenters. The maximum absolute atomic E-state index is 5.59. The first-order chi connectivity index (χ1) is 5.81. The molecule has 66 valence electrons. The largest absolute Gasteiger partial charge is 0.348 e. The summed E-state index contributed by atoms with van der Waals surface area (Å²) in [6.07, 6.45) is 2.72. The molecule has 0 saturated heterocycles. The molecule has 12 heavy (non-hydrogen) atoms. The van der Waals surface area contributed by atoms with Crippen LogP contribution in [0.2, 0.25) is 0 Å². The minimum atomic E-state index is 0.327. The fraction of sp³-hybridized carbons (Fsp3) is 0.625. The van der Waals surface area contributed by atoms with Gasteiger partial charge in [0.2, 0.25) is 0 Å². The normalized spacial score (nSPS) is 28.5. The zero-order chi connectivity index (χ0) is 8.55. The summed E-state index contributed by atoms with van der Waals surface area (Å²) in [6.45, 7) is 2.80. The first kappa shape index (κ1) is 7.76. The molecule has 0 amide bonds. The number of hydrogen-bond donors (Lipinski definition) is 3. The number of fused-ring (bicyclic) bond motifs is 1. The van der Waals surface area contributed by atoms with E-state index in [9.17, 15) is 0 Å². The maximum Gasteiger partial charge on any atom is 0.0925 e. The monoisotopic (exact) mass is 166 g/mol. The molecule has 0 bridgehead atoms. The third kappa shape index (κ3) is 1.13. The zero-order valence-corrected chi connectivity index (χ0v) is 7.17. The Balaban J connectivity index is 2.26. The highest BCUT2D eigenvalue weighted by Gasteiger charge is 2.23. The predicted molar refractivity (Wildman–Crippen MR) is 46.7 cm³/mol. The van der Waals surface area contributed by atoms with E-state index >= 15 is 0 Å². The molecule has 1 aromatic heterocycles. The van der Waals surface area contributed by atoms with Crippen LogP contribution in [-0.2, 0) is 6.42 Å². The molecule has 0 saturated carbocycles. The molecule has 4 heteroatoms. The third-order valence-electron chi connectivity index (χ3n) is 2.38. The number of imidazole rings is 1. The van der Waals surface area contributed by atoms with Crippen LogP contribution in [0.1, 0.15) is 24.4 Å². The summed E-state index contributed by atoms with van der Waals surface area (Å²) in [5.41, 5.74) is 7.97. The van der Waals surface area contributed by atoms with Gasteiger partial charge >= 0.3 is 0 Å². The Labute approximate surface area is 71.6 Å². The van der Waals surface area contributed by atoms with Crippen molar-refractivity contribution >= 4 is 0 Å². The van der Waals surface area contributed by atoms with Crippen LogP contribution in [0.5, 0.6) is 0 Å². The van der Waals surface area contributed by atoms with Crippen LogP contribution in [0.25, 0.3) is 0 Å². The van der Waals surface area contributed by atoms with Crippen molar-refractivity contribution in [2.45, 2.75) is 25.4 Å². The fourth-order valence-corrected chi connectivity index (χ4v) is 1.76. The van der Waals surface area contributed by atoms with Gasteiger partial charge in [-0.15, -0.1) is 0 Å². The van der Waals surface area contributed by atoms with Gasteiger partial charge in [-0.3, -0.25) is 0 Å². The minimum Gasteiger partial charge on any atom is -0.348 e. The highest BCUT2D eigenvalue weighted by molar-refractivity contribution is 5.20. The molecular weight excluding hydrogens is 152 g/mol. The van der Waals surface area contributed by atoms with Gasteiger partial charge in [0.1, 0.15) is 0 Å². The molecule has 4 N–H and O–H groups in total. The van der Waals surface area contributed by atoms with Crippen molar-refractivity contribution in [2.75, 3.05) is 6.54 Å². The lowest BCUT2D eigenvalue weighted by Crippen LogP contribution is -2.43. The molecule has 0 aliphatic carbocycles. The summed E-state index contributed by atoms with van der Waals surface area (Å²) in [5, 5.41) is 3.40. The van der Waals surface area contributed by atoms with Gasteiger partial charge in [-0.05, 0) is 6.92 Å². The van der Waals surface area contributed by atoms with Gasteiger partial charge in [-0.25, -0.2) is 4.98 Å². The Bertz CT molecular complexity index is 268. The molecule has 1 aliphatic heterocycles. The van der Waals surface area contributed by atoms with Crippen LogP contribution < -0.4 is 11.1 Å². The van der Waals surface area contributed by atoms with Gasteiger partial charge < -0.3 is 16.0 Å². The number of aromatic nitrogens is 2. The van der Waals surface area contributed by atoms with Crippen LogP contribution in [0.4, 0.5) is 0 Å². The van der Waals surface area contributed by atoms with Crippen molar-refractivity contribution in [3.8, 4) is 0 Å². The van der Waals surface area contributed by atoms with Crippen molar-refractivity contribution in [3.05, 3.63) is 17.7 Å². The van der Waals surface area contributed by atoms with Crippen LogP contribution in [0, 0.1) is 0 Å². The SMILES string of the molecule is CC1NC(CN)Cc2[nH]cnc21. The van der Waals surface area contributed by atoms with Crippen molar-refractivity contribution in [1.29, 1.82) is 0 Å². The van der Waals surface area contributed by atoms with Crippen LogP contribution in [0.3, 0.4) is 0 Å². The Morgan fingerprint density at radius 2 is 2.58 bits per heavy atom. The quantitative estimate of drug-likeness (QED) is 0.547. The van der Waals surface area contributed by atoms with E-state index in [0.29, 0.717) is 18.6 Å². The molecule has 2 rings (SSSR count). The Morgan fingerprint density at radius 1 is 1.75 bits per heavy atom. The van der Waals surface area contributed by atoms with Gasteiger partial charge in [-0.2, -0.15) is 0 Å². The van der Waals surface area contributed by atoms with Gasteiger partial charge in [0.15, 0.2) is 0 Å². The van der Waals surface area contributed by atoms with Crippen LogP contribution in [-0.4, -0.2) is 22.6 Å². The van der Waals surface area contributed by atoms with Gasteiger partial charge in [-0.1, -0.05) is 0 Å². The average Bonchev–Trinajstić information content (AvgIpc) is 2.52. The molecule has 4 nitrogen and oxygen atoms in total. The maximum atomic E-state index is 5.59. The molecule has 0 fully saturated rings. The summed E-state index contributed by atoms with van der Waals surface area (Å²) >= 11 is 0. The summed E-state index contributed by atoms with van der Waals surface area (Å²) in [7, 11) is 0. The van der Waals surface area contributed by atoms with E-state index < -0.39 is 0 Å². The first-order valence-corrected chi connectivity index (χ1v) is 4.29. The van der Waals surface area contributed by atoms with E-state index in [1.165, 1.54) is 5.69 Å². The molecule has 0 aromatic carbocycles. The second-order valence-electron chi connectivity index (χ2n) is 3.29. The summed E-state index contributed by atoms with van der Waals surface area (Å²) < 4.78 is 0. The number of nitrogens with zero attached hydrogens (tertiary/aromatic N) is 1. The Kier molecular flexibility index (Phi) is 1.86. The van der Waals surface area contributed by atoms with Crippen LogP contribution in [0.15, 0.2) is 6.33 Å². The topological polar surface area (TPSA) is 66.7 Å². The van der Waals surface area contributed by atoms with E-state index in [2.05, 4.69) is 22.2 Å². The second kappa shape index (κ2) is 2.88. The van der Waals surface area contributed by atoms with Gasteiger partial charge in [0, 0.05) is 30.7 Å². The molecule has 0 spiro atoms. The standard InChI is InChI=1S/C8H14N4/c1-5-8-7(10-4-11-8)2-6(3-9)12-5/h4-6,12H,2-3,9H2,1H3,(H,10,11). The summed E-state index contributed by atoms with van der Waals surface area (Å²) in [5.74, 6) is 0. The molecule has 1 aromatic rings. The zero-order valence-electron chi connectivity index (χ0n) is 7.17. The number of aromatic amines is 1. The summed E-state index contributed by atoms with van der Waals surface area (Å²) in [6, 6.07) is 0.724. The third-order valence-corrected chi connectivity index (χ3v) is 2.38. The highest BCUT2D eigenvalue weighted by atomic mass is 15.0. The van der Waals surface area contributed by atoms with E-state index in [0.717, 1.165) is 12.1 Å².